The minimum atomic E-state index is -0.989. The van der Waals surface area contributed by atoms with Crippen LogP contribution in [0, 0.1) is 12.7 Å². The Morgan fingerprint density at radius 3 is 2.50 bits per heavy atom. The summed E-state index contributed by atoms with van der Waals surface area (Å²) in [6, 6.07) is 10.2. The molecule has 0 bridgehead atoms. The van der Waals surface area contributed by atoms with E-state index in [2.05, 4.69) is 31.9 Å². The fraction of sp³-hybridized carbons (Fsp3) is 0.143. The summed E-state index contributed by atoms with van der Waals surface area (Å²) >= 11 is 6.71. The molecule has 1 N–H and O–H groups in total. The van der Waals surface area contributed by atoms with E-state index in [1.807, 2.05) is 19.1 Å². The number of halogens is 3. The third-order valence-electron chi connectivity index (χ3n) is 2.70. The Labute approximate surface area is 122 Å². The normalized spacial score (nSPS) is 12.5. The second-order valence-electron chi connectivity index (χ2n) is 4.09. The molecule has 1 atom stereocenters. The van der Waals surface area contributed by atoms with Crippen LogP contribution in [0.3, 0.4) is 0 Å². The number of benzene rings is 2. The molecule has 2 aromatic carbocycles. The summed E-state index contributed by atoms with van der Waals surface area (Å²) in [4.78, 5) is 0. The van der Waals surface area contributed by atoms with Gasteiger partial charge in [-0.2, -0.15) is 0 Å². The number of aliphatic hydroxyl groups is 1. The lowest BCUT2D eigenvalue weighted by atomic mass is 9.99. The van der Waals surface area contributed by atoms with Crippen molar-refractivity contribution in [1.82, 2.24) is 0 Å². The van der Waals surface area contributed by atoms with Gasteiger partial charge in [0.1, 0.15) is 11.9 Å². The number of hydrogen-bond acceptors (Lipinski definition) is 1. The lowest BCUT2D eigenvalue weighted by Gasteiger charge is -2.15. The zero-order chi connectivity index (χ0) is 13.3. The molecule has 0 aliphatic carbocycles. The van der Waals surface area contributed by atoms with Crippen molar-refractivity contribution >= 4 is 31.9 Å². The molecular formula is C14H11Br2FO. The standard InChI is InChI=1S/C14H11Br2FO/c1-8-2-5-13(17)11(6-8)14(18)10-7-9(15)3-4-12(10)16/h2-7,14,18H,1H3. The van der Waals surface area contributed by atoms with Gasteiger partial charge in [0.25, 0.3) is 0 Å². The van der Waals surface area contributed by atoms with Gasteiger partial charge in [-0.05, 0) is 31.2 Å². The first-order valence-electron chi connectivity index (χ1n) is 5.38. The highest BCUT2D eigenvalue weighted by Crippen LogP contribution is 2.32. The van der Waals surface area contributed by atoms with Crippen molar-refractivity contribution in [1.29, 1.82) is 0 Å². The highest BCUT2D eigenvalue weighted by molar-refractivity contribution is 9.11. The van der Waals surface area contributed by atoms with Gasteiger partial charge in [-0.1, -0.05) is 49.6 Å². The van der Waals surface area contributed by atoms with Gasteiger partial charge in [0.15, 0.2) is 0 Å². The maximum absolute atomic E-state index is 13.8. The van der Waals surface area contributed by atoms with Crippen LogP contribution in [0.2, 0.25) is 0 Å². The summed E-state index contributed by atoms with van der Waals surface area (Å²) in [5.41, 5.74) is 1.83. The van der Waals surface area contributed by atoms with E-state index >= 15 is 0 Å². The molecule has 0 saturated heterocycles. The van der Waals surface area contributed by atoms with Crippen LogP contribution in [0.4, 0.5) is 4.39 Å². The Hall–Kier alpha value is -0.710. The van der Waals surface area contributed by atoms with Crippen molar-refractivity contribution < 1.29 is 9.50 Å². The molecule has 4 heteroatoms. The van der Waals surface area contributed by atoms with Crippen molar-refractivity contribution in [2.24, 2.45) is 0 Å². The molecule has 1 unspecified atom stereocenters. The Balaban J connectivity index is 2.50. The predicted molar refractivity (Wildman–Crippen MR) is 77.0 cm³/mol. The molecule has 0 saturated carbocycles. The first-order valence-corrected chi connectivity index (χ1v) is 6.96. The summed E-state index contributed by atoms with van der Waals surface area (Å²) in [5.74, 6) is -0.403. The smallest absolute Gasteiger partial charge is 0.129 e. The zero-order valence-electron chi connectivity index (χ0n) is 9.62. The van der Waals surface area contributed by atoms with Crippen molar-refractivity contribution in [2.45, 2.75) is 13.0 Å². The fourth-order valence-corrected chi connectivity index (χ4v) is 2.61. The molecule has 0 aliphatic heterocycles. The average molecular weight is 374 g/mol. The van der Waals surface area contributed by atoms with Crippen LogP contribution >= 0.6 is 31.9 Å². The van der Waals surface area contributed by atoms with Gasteiger partial charge in [0.05, 0.1) is 0 Å². The fourth-order valence-electron chi connectivity index (χ4n) is 1.76. The molecule has 0 amide bonds. The summed E-state index contributed by atoms with van der Waals surface area (Å²) in [6.07, 6.45) is -0.989. The van der Waals surface area contributed by atoms with E-state index < -0.39 is 11.9 Å². The van der Waals surface area contributed by atoms with Crippen molar-refractivity contribution in [2.75, 3.05) is 0 Å². The Kier molecular flexibility index (Phi) is 4.20. The highest BCUT2D eigenvalue weighted by atomic mass is 79.9. The van der Waals surface area contributed by atoms with Crippen LogP contribution in [-0.2, 0) is 0 Å². The van der Waals surface area contributed by atoms with Gasteiger partial charge in [0, 0.05) is 20.1 Å². The van der Waals surface area contributed by atoms with Gasteiger partial charge in [-0.15, -0.1) is 0 Å². The minimum absolute atomic E-state index is 0.286. The van der Waals surface area contributed by atoms with E-state index in [4.69, 9.17) is 0 Å². The number of hydrogen-bond donors (Lipinski definition) is 1. The van der Waals surface area contributed by atoms with Gasteiger partial charge in [0.2, 0.25) is 0 Å². The minimum Gasteiger partial charge on any atom is -0.384 e. The largest absolute Gasteiger partial charge is 0.384 e. The summed E-state index contributed by atoms with van der Waals surface area (Å²) in [6.45, 7) is 1.87. The third-order valence-corrected chi connectivity index (χ3v) is 3.91. The van der Waals surface area contributed by atoms with Crippen LogP contribution < -0.4 is 0 Å². The summed E-state index contributed by atoms with van der Waals surface area (Å²) in [7, 11) is 0. The van der Waals surface area contributed by atoms with E-state index in [9.17, 15) is 9.50 Å². The average Bonchev–Trinajstić information content (AvgIpc) is 2.34. The Bertz CT molecular complexity index is 533. The maximum Gasteiger partial charge on any atom is 0.129 e. The first-order chi connectivity index (χ1) is 8.49. The highest BCUT2D eigenvalue weighted by Gasteiger charge is 2.17. The van der Waals surface area contributed by atoms with Gasteiger partial charge in [-0.3, -0.25) is 0 Å². The van der Waals surface area contributed by atoms with Gasteiger partial charge >= 0.3 is 0 Å². The summed E-state index contributed by atoms with van der Waals surface area (Å²) < 4.78 is 15.3. The number of aryl methyl sites for hydroxylation is 1. The Morgan fingerprint density at radius 2 is 1.78 bits per heavy atom. The quantitative estimate of drug-likeness (QED) is 0.805. The molecule has 0 spiro atoms. The van der Waals surface area contributed by atoms with Crippen molar-refractivity contribution in [3.05, 3.63) is 67.9 Å². The molecule has 2 aromatic rings. The lowest BCUT2D eigenvalue weighted by Crippen LogP contribution is -2.04. The Morgan fingerprint density at radius 1 is 1.06 bits per heavy atom. The van der Waals surface area contributed by atoms with Crippen LogP contribution in [0.5, 0.6) is 0 Å². The van der Waals surface area contributed by atoms with E-state index in [1.165, 1.54) is 6.07 Å². The van der Waals surface area contributed by atoms with Crippen LogP contribution in [0.15, 0.2) is 45.3 Å². The summed E-state index contributed by atoms with van der Waals surface area (Å²) in [5, 5.41) is 10.3. The molecule has 0 aliphatic rings. The third kappa shape index (κ3) is 2.82. The van der Waals surface area contributed by atoms with E-state index in [0.717, 1.165) is 14.5 Å². The van der Waals surface area contributed by atoms with E-state index in [0.29, 0.717) is 5.56 Å². The van der Waals surface area contributed by atoms with Crippen molar-refractivity contribution in [3.8, 4) is 0 Å². The monoisotopic (exact) mass is 372 g/mol. The molecule has 0 heterocycles. The second kappa shape index (κ2) is 5.51. The van der Waals surface area contributed by atoms with Crippen LogP contribution in [-0.4, -0.2) is 5.11 Å². The topological polar surface area (TPSA) is 20.2 Å². The maximum atomic E-state index is 13.8. The first kappa shape index (κ1) is 13.7. The second-order valence-corrected chi connectivity index (χ2v) is 5.86. The molecule has 0 radical (unpaired) electrons. The number of aliphatic hydroxyl groups excluding tert-OH is 1. The van der Waals surface area contributed by atoms with Crippen LogP contribution in [0.25, 0.3) is 0 Å². The molecule has 0 aromatic heterocycles. The van der Waals surface area contributed by atoms with E-state index in [1.54, 1.807) is 18.2 Å². The van der Waals surface area contributed by atoms with Gasteiger partial charge < -0.3 is 5.11 Å². The molecule has 94 valence electrons. The SMILES string of the molecule is Cc1ccc(F)c(C(O)c2cc(Br)ccc2Br)c1. The molecule has 18 heavy (non-hydrogen) atoms. The lowest BCUT2D eigenvalue weighted by molar-refractivity contribution is 0.214. The zero-order valence-corrected chi connectivity index (χ0v) is 12.8. The molecule has 1 nitrogen and oxygen atoms in total. The molecular weight excluding hydrogens is 363 g/mol. The van der Waals surface area contributed by atoms with Gasteiger partial charge in [-0.25, -0.2) is 4.39 Å². The van der Waals surface area contributed by atoms with Crippen molar-refractivity contribution in [3.63, 3.8) is 0 Å². The van der Waals surface area contributed by atoms with Crippen LogP contribution in [0.1, 0.15) is 22.8 Å². The number of rotatable bonds is 2. The molecule has 2 rings (SSSR count). The molecule has 0 fully saturated rings. The predicted octanol–water partition coefficient (Wildman–Crippen LogP) is 4.74. The van der Waals surface area contributed by atoms with E-state index in [-0.39, 0.29) is 5.56 Å².